The molecule has 1 aromatic heterocycles. The first-order valence-electron chi connectivity index (χ1n) is 6.61. The fourth-order valence-electron chi connectivity index (χ4n) is 2.24. The van der Waals surface area contributed by atoms with Crippen molar-refractivity contribution in [1.29, 1.82) is 0 Å². The largest absolute Gasteiger partial charge is 0.339 e. The van der Waals surface area contributed by atoms with Crippen LogP contribution in [0.1, 0.15) is 26.2 Å². The lowest BCUT2D eigenvalue weighted by molar-refractivity contribution is -0.131. The number of hydrogen-bond acceptors (Lipinski definition) is 6. The number of aromatic nitrogens is 4. The molecule has 1 aliphatic rings. The van der Waals surface area contributed by atoms with Crippen molar-refractivity contribution in [2.24, 2.45) is 5.73 Å². The Morgan fingerprint density at radius 3 is 3.11 bits per heavy atom. The first-order chi connectivity index (χ1) is 9.22. The summed E-state index contributed by atoms with van der Waals surface area (Å²) in [6, 6.07) is 0.349. The second-order valence-corrected chi connectivity index (χ2v) is 5.64. The summed E-state index contributed by atoms with van der Waals surface area (Å²) in [5, 5.41) is 12.0. The molecule has 0 spiro atoms. The van der Waals surface area contributed by atoms with Crippen LogP contribution in [0, 0.1) is 0 Å². The van der Waals surface area contributed by atoms with E-state index in [-0.39, 0.29) is 5.91 Å². The highest BCUT2D eigenvalue weighted by Gasteiger charge is 2.23. The highest BCUT2D eigenvalue weighted by Crippen LogP contribution is 2.20. The summed E-state index contributed by atoms with van der Waals surface area (Å²) in [5.41, 5.74) is 5.48. The van der Waals surface area contributed by atoms with Gasteiger partial charge in [0.15, 0.2) is 0 Å². The van der Waals surface area contributed by atoms with E-state index in [0.29, 0.717) is 30.0 Å². The molecule has 1 aliphatic heterocycles. The van der Waals surface area contributed by atoms with E-state index in [1.807, 2.05) is 4.90 Å². The standard InChI is InChI=1S/C11H20N6OS/c1-9-4-2-3-6-16(9)10(18)8-19-11-13-14-15-17(11)7-5-12/h9H,2-8,12H2,1H3. The predicted octanol–water partition coefficient (Wildman–Crippen LogP) is 0.125. The first-order valence-corrected chi connectivity index (χ1v) is 7.59. The normalized spacial score (nSPS) is 19.7. The van der Waals surface area contributed by atoms with Crippen molar-refractivity contribution in [2.75, 3.05) is 18.8 Å². The molecule has 1 unspecified atom stereocenters. The van der Waals surface area contributed by atoms with Gasteiger partial charge in [0.25, 0.3) is 0 Å². The van der Waals surface area contributed by atoms with Crippen molar-refractivity contribution in [3.8, 4) is 0 Å². The van der Waals surface area contributed by atoms with E-state index in [0.717, 1.165) is 19.4 Å². The number of carbonyl (C=O) groups is 1. The van der Waals surface area contributed by atoms with Gasteiger partial charge in [-0.1, -0.05) is 11.8 Å². The monoisotopic (exact) mass is 284 g/mol. The Kier molecular flexibility index (Phi) is 5.15. The second kappa shape index (κ2) is 6.85. The van der Waals surface area contributed by atoms with Crippen LogP contribution in [0.15, 0.2) is 5.16 Å². The topological polar surface area (TPSA) is 89.9 Å². The van der Waals surface area contributed by atoms with Gasteiger partial charge in [-0.2, -0.15) is 0 Å². The van der Waals surface area contributed by atoms with Crippen LogP contribution in [0.3, 0.4) is 0 Å². The number of nitrogens with two attached hydrogens (primary N) is 1. The van der Waals surface area contributed by atoms with Gasteiger partial charge in [-0.3, -0.25) is 4.79 Å². The molecule has 106 valence electrons. The summed E-state index contributed by atoms with van der Waals surface area (Å²) in [5.74, 6) is 0.550. The number of carbonyl (C=O) groups excluding carboxylic acids is 1. The van der Waals surface area contributed by atoms with E-state index < -0.39 is 0 Å². The average Bonchev–Trinajstić information content (AvgIpc) is 2.84. The number of thioether (sulfide) groups is 1. The highest BCUT2D eigenvalue weighted by atomic mass is 32.2. The van der Waals surface area contributed by atoms with Crippen molar-refractivity contribution in [3.05, 3.63) is 0 Å². The lowest BCUT2D eigenvalue weighted by Crippen LogP contribution is -2.43. The van der Waals surface area contributed by atoms with E-state index in [1.165, 1.54) is 18.2 Å². The van der Waals surface area contributed by atoms with Gasteiger partial charge in [-0.15, -0.1) is 5.10 Å². The van der Waals surface area contributed by atoms with Crippen molar-refractivity contribution >= 4 is 17.7 Å². The molecule has 1 aromatic rings. The number of likely N-dealkylation sites (tertiary alicyclic amines) is 1. The molecule has 1 saturated heterocycles. The molecule has 2 N–H and O–H groups in total. The van der Waals surface area contributed by atoms with Gasteiger partial charge in [0.2, 0.25) is 11.1 Å². The fourth-order valence-corrected chi connectivity index (χ4v) is 3.03. The van der Waals surface area contributed by atoms with Crippen LogP contribution in [0.5, 0.6) is 0 Å². The fraction of sp³-hybridized carbons (Fsp3) is 0.818. The summed E-state index contributed by atoms with van der Waals surface area (Å²) < 4.78 is 1.64. The van der Waals surface area contributed by atoms with Crippen molar-refractivity contribution in [2.45, 2.75) is 43.9 Å². The molecule has 7 nitrogen and oxygen atoms in total. The zero-order chi connectivity index (χ0) is 13.7. The molecule has 2 rings (SSSR count). The van der Waals surface area contributed by atoms with Crippen LogP contribution in [-0.4, -0.2) is 55.9 Å². The van der Waals surface area contributed by atoms with Crippen molar-refractivity contribution in [3.63, 3.8) is 0 Å². The molecule has 1 amide bonds. The molecule has 1 fully saturated rings. The molecule has 0 bridgehead atoms. The van der Waals surface area contributed by atoms with Gasteiger partial charge in [0.05, 0.1) is 12.3 Å². The SMILES string of the molecule is CC1CCCCN1C(=O)CSc1nnnn1CCN. The van der Waals surface area contributed by atoms with Crippen LogP contribution >= 0.6 is 11.8 Å². The number of nitrogens with zero attached hydrogens (tertiary/aromatic N) is 5. The Labute approximate surface area is 116 Å². The van der Waals surface area contributed by atoms with E-state index in [1.54, 1.807) is 4.68 Å². The van der Waals surface area contributed by atoms with E-state index in [2.05, 4.69) is 22.4 Å². The number of tetrazole rings is 1. The van der Waals surface area contributed by atoms with E-state index in [4.69, 9.17) is 5.73 Å². The van der Waals surface area contributed by atoms with E-state index >= 15 is 0 Å². The van der Waals surface area contributed by atoms with Gasteiger partial charge in [-0.25, -0.2) is 4.68 Å². The van der Waals surface area contributed by atoms with Gasteiger partial charge < -0.3 is 10.6 Å². The zero-order valence-corrected chi connectivity index (χ0v) is 12.0. The predicted molar refractivity (Wildman–Crippen MR) is 72.6 cm³/mol. The van der Waals surface area contributed by atoms with Crippen LogP contribution in [0.25, 0.3) is 0 Å². The lowest BCUT2D eigenvalue weighted by Gasteiger charge is -2.33. The highest BCUT2D eigenvalue weighted by molar-refractivity contribution is 7.99. The maximum Gasteiger partial charge on any atom is 0.233 e. The third-order valence-electron chi connectivity index (χ3n) is 3.29. The lowest BCUT2D eigenvalue weighted by atomic mass is 10.0. The smallest absolute Gasteiger partial charge is 0.233 e. The Morgan fingerprint density at radius 1 is 1.53 bits per heavy atom. The van der Waals surface area contributed by atoms with Gasteiger partial charge >= 0.3 is 0 Å². The van der Waals surface area contributed by atoms with Crippen LogP contribution in [0.2, 0.25) is 0 Å². The van der Waals surface area contributed by atoms with Crippen LogP contribution < -0.4 is 5.73 Å². The third kappa shape index (κ3) is 3.66. The molecular formula is C11H20N6OS. The minimum absolute atomic E-state index is 0.166. The van der Waals surface area contributed by atoms with Gasteiger partial charge in [0, 0.05) is 19.1 Å². The number of piperidine rings is 1. The van der Waals surface area contributed by atoms with Gasteiger partial charge in [0.1, 0.15) is 0 Å². The molecule has 0 saturated carbocycles. The maximum absolute atomic E-state index is 12.2. The summed E-state index contributed by atoms with van der Waals surface area (Å²) >= 11 is 1.38. The average molecular weight is 284 g/mol. The van der Waals surface area contributed by atoms with E-state index in [9.17, 15) is 4.79 Å². The Bertz CT molecular complexity index is 423. The molecule has 1 atom stereocenters. The van der Waals surface area contributed by atoms with Crippen LogP contribution in [0.4, 0.5) is 0 Å². The minimum atomic E-state index is 0.166. The van der Waals surface area contributed by atoms with Crippen molar-refractivity contribution in [1.82, 2.24) is 25.1 Å². The molecule has 0 aliphatic carbocycles. The quantitative estimate of drug-likeness (QED) is 0.773. The molecule has 19 heavy (non-hydrogen) atoms. The Hall–Kier alpha value is -1.15. The zero-order valence-electron chi connectivity index (χ0n) is 11.2. The molecular weight excluding hydrogens is 264 g/mol. The third-order valence-corrected chi connectivity index (χ3v) is 4.23. The van der Waals surface area contributed by atoms with Gasteiger partial charge in [-0.05, 0) is 36.6 Å². The summed E-state index contributed by atoms with van der Waals surface area (Å²) in [7, 11) is 0. The minimum Gasteiger partial charge on any atom is -0.339 e. The summed E-state index contributed by atoms with van der Waals surface area (Å²) in [4.78, 5) is 14.1. The van der Waals surface area contributed by atoms with Crippen molar-refractivity contribution < 1.29 is 4.79 Å². The van der Waals surface area contributed by atoms with Crippen LogP contribution in [-0.2, 0) is 11.3 Å². The molecule has 0 radical (unpaired) electrons. The molecule has 0 aromatic carbocycles. The second-order valence-electron chi connectivity index (χ2n) is 4.69. The molecule has 2 heterocycles. The Morgan fingerprint density at radius 2 is 2.37 bits per heavy atom. The molecule has 8 heteroatoms. The summed E-state index contributed by atoms with van der Waals surface area (Å²) in [6.07, 6.45) is 3.42. The Balaban J connectivity index is 1.87. The number of hydrogen-bond donors (Lipinski definition) is 1. The number of rotatable bonds is 5. The maximum atomic E-state index is 12.2. The summed E-state index contributed by atoms with van der Waals surface area (Å²) in [6.45, 7) is 4.04. The number of amides is 1. The first kappa shape index (κ1) is 14.3.